The molecule has 170 valence electrons. The third kappa shape index (κ3) is 4.04. The smallest absolute Gasteiger partial charge is 0.283 e. The monoisotopic (exact) mass is 470 g/mol. The quantitative estimate of drug-likeness (QED) is 0.272. The number of rotatable bonds is 6. The summed E-state index contributed by atoms with van der Waals surface area (Å²) < 4.78 is 6.80. The highest BCUT2D eigenvalue weighted by Gasteiger charge is 2.19. The van der Waals surface area contributed by atoms with E-state index in [1.807, 2.05) is 67.6 Å². The van der Waals surface area contributed by atoms with Crippen LogP contribution in [0.1, 0.15) is 5.56 Å². The van der Waals surface area contributed by atoms with Gasteiger partial charge in [-0.2, -0.15) is 0 Å². The van der Waals surface area contributed by atoms with Gasteiger partial charge in [-0.1, -0.05) is 54.2 Å². The number of fused-ring (bicyclic) bond motifs is 3. The zero-order valence-electron chi connectivity index (χ0n) is 18.7. The summed E-state index contributed by atoms with van der Waals surface area (Å²) in [6, 6.07) is 22.5. The van der Waals surface area contributed by atoms with E-state index in [0.29, 0.717) is 27.6 Å². The average Bonchev–Trinajstić information content (AvgIpc) is 3.23. The first kappa shape index (κ1) is 21.8. The lowest BCUT2D eigenvalue weighted by molar-refractivity contribution is -0.113. The van der Waals surface area contributed by atoms with Crippen LogP contribution < -0.4 is 15.6 Å². The van der Waals surface area contributed by atoms with Gasteiger partial charge in [-0.15, -0.1) is 0 Å². The second-order valence-corrected chi connectivity index (χ2v) is 8.73. The molecular weight excluding hydrogens is 448 g/mol. The summed E-state index contributed by atoms with van der Waals surface area (Å²) in [7, 11) is 1.58. The number of amides is 1. The predicted molar refractivity (Wildman–Crippen MR) is 136 cm³/mol. The van der Waals surface area contributed by atoms with Crippen molar-refractivity contribution in [2.45, 2.75) is 12.1 Å². The number of methoxy groups -OCH3 is 1. The molecule has 5 rings (SSSR count). The number of aromatic amines is 1. The number of benzene rings is 3. The van der Waals surface area contributed by atoms with Gasteiger partial charge in [-0.25, -0.2) is 4.98 Å². The van der Waals surface area contributed by atoms with Crippen molar-refractivity contribution >= 4 is 45.3 Å². The van der Waals surface area contributed by atoms with Crippen LogP contribution in [-0.4, -0.2) is 33.3 Å². The number of aromatic nitrogens is 3. The van der Waals surface area contributed by atoms with E-state index < -0.39 is 0 Å². The second-order valence-electron chi connectivity index (χ2n) is 7.78. The van der Waals surface area contributed by atoms with Gasteiger partial charge in [-0.05, 0) is 36.8 Å². The predicted octanol–water partition coefficient (Wildman–Crippen LogP) is 4.91. The van der Waals surface area contributed by atoms with E-state index in [4.69, 9.17) is 9.72 Å². The van der Waals surface area contributed by atoms with Crippen LogP contribution in [0.5, 0.6) is 5.75 Å². The van der Waals surface area contributed by atoms with Gasteiger partial charge in [0.05, 0.1) is 18.6 Å². The summed E-state index contributed by atoms with van der Waals surface area (Å²) in [4.78, 5) is 34.4. The van der Waals surface area contributed by atoms with Crippen LogP contribution in [0.3, 0.4) is 0 Å². The number of nitrogens with one attached hydrogen (secondary N) is 2. The summed E-state index contributed by atoms with van der Waals surface area (Å²) in [5, 5.41) is 4.20. The number of hydrogen-bond acceptors (Lipinski definition) is 5. The third-order valence-electron chi connectivity index (χ3n) is 5.54. The molecule has 3 aromatic carbocycles. The average molecular weight is 471 g/mol. The van der Waals surface area contributed by atoms with Crippen molar-refractivity contribution in [2.75, 3.05) is 18.2 Å². The molecule has 2 N–H and O–H groups in total. The highest BCUT2D eigenvalue weighted by Crippen LogP contribution is 2.27. The van der Waals surface area contributed by atoms with Gasteiger partial charge in [0, 0.05) is 22.7 Å². The molecule has 0 saturated carbocycles. The van der Waals surface area contributed by atoms with Gasteiger partial charge in [0.1, 0.15) is 16.8 Å². The molecule has 5 aromatic rings. The number of hydrogen-bond donors (Lipinski definition) is 2. The highest BCUT2D eigenvalue weighted by atomic mass is 32.2. The van der Waals surface area contributed by atoms with E-state index in [9.17, 15) is 9.59 Å². The Bertz CT molecular complexity index is 1590. The molecule has 1 amide bonds. The Balaban J connectivity index is 1.55. The fourth-order valence-corrected chi connectivity index (χ4v) is 4.69. The van der Waals surface area contributed by atoms with E-state index >= 15 is 0 Å². The van der Waals surface area contributed by atoms with Gasteiger partial charge in [0.2, 0.25) is 5.91 Å². The number of anilines is 1. The SMILES string of the molecule is COc1cccc(NC(=O)CSc2nc3c([nH]c4ccccc43)c(=O)n2-c2ccccc2C)c1. The summed E-state index contributed by atoms with van der Waals surface area (Å²) in [5.41, 5.74) is 3.99. The van der Waals surface area contributed by atoms with Crippen LogP contribution in [0.25, 0.3) is 27.6 Å². The number of carbonyl (C=O) groups excluding carboxylic acids is 1. The minimum absolute atomic E-state index is 0.0867. The second kappa shape index (κ2) is 9.07. The lowest BCUT2D eigenvalue weighted by atomic mass is 10.2. The first-order chi connectivity index (χ1) is 16.5. The topological polar surface area (TPSA) is 89.0 Å². The fraction of sp³-hybridized carbons (Fsp3) is 0.115. The Morgan fingerprint density at radius 1 is 1.09 bits per heavy atom. The molecule has 0 spiro atoms. The van der Waals surface area contributed by atoms with Crippen LogP contribution in [-0.2, 0) is 4.79 Å². The molecule has 0 aliphatic carbocycles. The lowest BCUT2D eigenvalue weighted by Gasteiger charge is -2.14. The molecule has 0 unspecified atom stereocenters. The van der Waals surface area contributed by atoms with Crippen molar-refractivity contribution in [1.82, 2.24) is 14.5 Å². The van der Waals surface area contributed by atoms with Crippen molar-refractivity contribution in [3.8, 4) is 11.4 Å². The zero-order valence-corrected chi connectivity index (χ0v) is 19.5. The molecule has 8 heteroatoms. The number of thioether (sulfide) groups is 1. The first-order valence-corrected chi connectivity index (χ1v) is 11.7. The molecule has 0 aliphatic heterocycles. The van der Waals surface area contributed by atoms with E-state index in [2.05, 4.69) is 10.3 Å². The summed E-state index contributed by atoms with van der Waals surface area (Å²) >= 11 is 1.22. The Kier molecular flexibility index (Phi) is 5.81. The molecule has 7 nitrogen and oxygen atoms in total. The van der Waals surface area contributed by atoms with Crippen LogP contribution in [0.15, 0.2) is 82.7 Å². The largest absolute Gasteiger partial charge is 0.497 e. The fourth-order valence-electron chi connectivity index (χ4n) is 3.89. The number of H-pyrrole nitrogens is 1. The summed E-state index contributed by atoms with van der Waals surface area (Å²) in [6.45, 7) is 1.95. The molecule has 34 heavy (non-hydrogen) atoms. The Labute approximate surface area is 199 Å². The van der Waals surface area contributed by atoms with E-state index in [1.165, 1.54) is 11.8 Å². The van der Waals surface area contributed by atoms with Crippen molar-refractivity contribution in [1.29, 1.82) is 0 Å². The maximum Gasteiger partial charge on any atom is 0.283 e. The minimum atomic E-state index is -0.206. The Hall–Kier alpha value is -4.04. The standard InChI is InChI=1S/C26H22N4O3S/c1-16-8-3-6-13-21(16)30-25(32)24-23(19-11-4-5-12-20(19)28-24)29-26(30)34-15-22(31)27-17-9-7-10-18(14-17)33-2/h3-14,28H,15H2,1-2H3,(H,27,31). The molecule has 0 saturated heterocycles. The van der Waals surface area contributed by atoms with Crippen molar-refractivity contribution < 1.29 is 9.53 Å². The van der Waals surface area contributed by atoms with Gasteiger partial charge < -0.3 is 15.0 Å². The van der Waals surface area contributed by atoms with E-state index in [1.54, 1.807) is 23.8 Å². The number of aryl methyl sites for hydroxylation is 1. The maximum atomic E-state index is 13.6. The normalized spacial score (nSPS) is 11.1. The van der Waals surface area contributed by atoms with Gasteiger partial charge in [-0.3, -0.25) is 14.2 Å². The number of nitrogens with zero attached hydrogens (tertiary/aromatic N) is 2. The lowest BCUT2D eigenvalue weighted by Crippen LogP contribution is -2.23. The van der Waals surface area contributed by atoms with Crippen molar-refractivity contribution in [3.63, 3.8) is 0 Å². The number of para-hydroxylation sites is 2. The van der Waals surface area contributed by atoms with Crippen molar-refractivity contribution in [3.05, 3.63) is 88.7 Å². The number of carbonyl (C=O) groups is 1. The van der Waals surface area contributed by atoms with Crippen LogP contribution in [0.4, 0.5) is 5.69 Å². The number of ether oxygens (including phenoxy) is 1. The van der Waals surface area contributed by atoms with Gasteiger partial charge in [0.25, 0.3) is 5.56 Å². The Morgan fingerprint density at radius 3 is 2.71 bits per heavy atom. The zero-order chi connectivity index (χ0) is 23.7. The third-order valence-corrected chi connectivity index (χ3v) is 6.48. The highest BCUT2D eigenvalue weighted by molar-refractivity contribution is 7.99. The van der Waals surface area contributed by atoms with E-state index in [-0.39, 0.29) is 17.2 Å². The first-order valence-electron chi connectivity index (χ1n) is 10.7. The molecule has 0 atom stereocenters. The van der Waals surface area contributed by atoms with Crippen molar-refractivity contribution in [2.24, 2.45) is 0 Å². The summed E-state index contributed by atoms with van der Waals surface area (Å²) in [5.74, 6) is 0.539. The van der Waals surface area contributed by atoms with Crippen LogP contribution in [0, 0.1) is 6.92 Å². The summed E-state index contributed by atoms with van der Waals surface area (Å²) in [6.07, 6.45) is 0. The van der Waals surface area contributed by atoms with Crippen LogP contribution in [0.2, 0.25) is 0 Å². The molecule has 0 aliphatic rings. The van der Waals surface area contributed by atoms with E-state index in [0.717, 1.165) is 22.2 Å². The maximum absolute atomic E-state index is 13.6. The molecular formula is C26H22N4O3S. The Morgan fingerprint density at radius 2 is 1.88 bits per heavy atom. The molecule has 2 aromatic heterocycles. The molecule has 2 heterocycles. The molecule has 0 bridgehead atoms. The van der Waals surface area contributed by atoms with Gasteiger partial charge in [0.15, 0.2) is 5.16 Å². The van der Waals surface area contributed by atoms with Gasteiger partial charge >= 0.3 is 0 Å². The molecule has 0 fully saturated rings. The minimum Gasteiger partial charge on any atom is -0.497 e. The molecule has 0 radical (unpaired) electrons. The van der Waals surface area contributed by atoms with Crippen LogP contribution >= 0.6 is 11.8 Å².